The quantitative estimate of drug-likeness (QED) is 0.724. The molecular formula is C23H33FO5. The van der Waals surface area contributed by atoms with Gasteiger partial charge in [-0.15, -0.1) is 0 Å². The molecule has 8 atom stereocenters. The van der Waals surface area contributed by atoms with Gasteiger partial charge in [-0.3, -0.25) is 14.4 Å². The Balaban J connectivity index is 1.65. The smallest absolute Gasteiger partial charge is 0.302 e. The lowest BCUT2D eigenvalue weighted by Crippen LogP contribution is -2.68. The molecule has 0 radical (unpaired) electrons. The fourth-order valence-corrected chi connectivity index (χ4v) is 7.92. The van der Waals surface area contributed by atoms with Gasteiger partial charge < -0.3 is 9.84 Å². The first-order valence-electron chi connectivity index (χ1n) is 11.1. The van der Waals surface area contributed by atoms with Crippen molar-refractivity contribution in [2.24, 2.45) is 34.5 Å². The maximum atomic E-state index is 16.9. The highest BCUT2D eigenvalue weighted by Gasteiger charge is 2.72. The number of fused-ring (bicyclic) bond motifs is 5. The number of aliphatic hydroxyl groups is 1. The first-order valence-corrected chi connectivity index (χ1v) is 11.1. The first kappa shape index (κ1) is 21.0. The molecule has 0 heterocycles. The molecule has 0 amide bonds. The lowest BCUT2D eigenvalue weighted by Gasteiger charge is -2.62. The van der Waals surface area contributed by atoms with E-state index < -0.39 is 23.1 Å². The van der Waals surface area contributed by atoms with Crippen LogP contribution in [0.3, 0.4) is 0 Å². The molecule has 0 spiro atoms. The Kier molecular flexibility index (Phi) is 4.96. The normalized spacial score (nSPS) is 49.0. The van der Waals surface area contributed by atoms with Crippen LogP contribution in [-0.4, -0.2) is 41.0 Å². The van der Waals surface area contributed by atoms with Crippen molar-refractivity contribution in [2.45, 2.75) is 83.9 Å². The van der Waals surface area contributed by atoms with Crippen molar-refractivity contribution in [1.29, 1.82) is 0 Å². The first-order chi connectivity index (χ1) is 13.6. The van der Waals surface area contributed by atoms with Crippen molar-refractivity contribution >= 4 is 17.5 Å². The van der Waals surface area contributed by atoms with Crippen LogP contribution < -0.4 is 0 Å². The SMILES string of the molecule is CC(=O)O[C@H]1CC[C@@]2(C)[C@H](CC[C@H]3[C@@H]4CC[C@H](C(=O)CO)[C@@]4(C)CC(=O)[C@@]32F)C1. The number of carbonyl (C=O) groups excluding carboxylic acids is 3. The van der Waals surface area contributed by atoms with Gasteiger partial charge in [-0.25, -0.2) is 4.39 Å². The van der Waals surface area contributed by atoms with Crippen LogP contribution in [0.15, 0.2) is 0 Å². The third-order valence-electron chi connectivity index (χ3n) is 9.32. The largest absolute Gasteiger partial charge is 0.463 e. The van der Waals surface area contributed by atoms with Gasteiger partial charge in [-0.05, 0) is 62.2 Å². The van der Waals surface area contributed by atoms with E-state index in [0.29, 0.717) is 32.1 Å². The summed E-state index contributed by atoms with van der Waals surface area (Å²) in [5.74, 6) is -1.57. The van der Waals surface area contributed by atoms with Crippen LogP contribution in [0.2, 0.25) is 0 Å². The van der Waals surface area contributed by atoms with Crippen molar-refractivity contribution in [1.82, 2.24) is 0 Å². The average Bonchev–Trinajstić information content (AvgIpc) is 2.99. The fourth-order valence-electron chi connectivity index (χ4n) is 7.92. The number of halogens is 1. The molecule has 5 nitrogen and oxygen atoms in total. The number of rotatable bonds is 3. The van der Waals surface area contributed by atoms with Gasteiger partial charge in [0.15, 0.2) is 17.2 Å². The summed E-state index contributed by atoms with van der Waals surface area (Å²) in [6.45, 7) is 4.78. The summed E-state index contributed by atoms with van der Waals surface area (Å²) in [6.07, 6.45) is 4.48. The van der Waals surface area contributed by atoms with Crippen molar-refractivity contribution in [3.05, 3.63) is 0 Å². The summed E-state index contributed by atoms with van der Waals surface area (Å²) >= 11 is 0. The molecule has 0 unspecified atom stereocenters. The third kappa shape index (κ3) is 2.77. The molecule has 0 saturated heterocycles. The van der Waals surface area contributed by atoms with Gasteiger partial charge in [0.05, 0.1) is 0 Å². The Morgan fingerprint density at radius 3 is 2.48 bits per heavy atom. The van der Waals surface area contributed by atoms with Crippen molar-refractivity contribution in [3.8, 4) is 0 Å². The monoisotopic (exact) mass is 408 g/mol. The third-order valence-corrected chi connectivity index (χ3v) is 9.32. The zero-order valence-corrected chi connectivity index (χ0v) is 17.7. The van der Waals surface area contributed by atoms with Gasteiger partial charge in [-0.1, -0.05) is 13.8 Å². The number of aliphatic hydroxyl groups excluding tert-OH is 1. The lowest BCUT2D eigenvalue weighted by atomic mass is 9.42. The van der Waals surface area contributed by atoms with E-state index in [1.807, 2.05) is 13.8 Å². The van der Waals surface area contributed by atoms with E-state index >= 15 is 4.39 Å². The Morgan fingerprint density at radius 2 is 1.83 bits per heavy atom. The summed E-state index contributed by atoms with van der Waals surface area (Å²) in [7, 11) is 0. The van der Waals surface area contributed by atoms with Crippen LogP contribution in [0, 0.1) is 34.5 Å². The van der Waals surface area contributed by atoms with Crippen molar-refractivity contribution < 1.29 is 28.6 Å². The molecule has 0 aromatic heterocycles. The van der Waals surface area contributed by atoms with Crippen LogP contribution in [0.4, 0.5) is 4.39 Å². The minimum atomic E-state index is -1.88. The van der Waals surface area contributed by atoms with Gasteiger partial charge >= 0.3 is 5.97 Å². The summed E-state index contributed by atoms with van der Waals surface area (Å²) in [6, 6.07) is 0. The Bertz CT molecular complexity index is 737. The average molecular weight is 409 g/mol. The standard InChI is InChI=1S/C23H33FO5/c1-13(26)29-15-8-9-22(3)14(10-15)4-5-17-16-6-7-18(19(27)12-25)21(16,2)11-20(28)23(17,22)24/h14-18,25H,4-12H2,1-3H3/t14-,15+,16+,17+,18-,21+,22+,23+/m1/s1. The predicted molar refractivity (Wildman–Crippen MR) is 104 cm³/mol. The molecule has 29 heavy (non-hydrogen) atoms. The topological polar surface area (TPSA) is 80.7 Å². The summed E-state index contributed by atoms with van der Waals surface area (Å²) in [5.41, 5.74) is -3.17. The number of hydrogen-bond donors (Lipinski definition) is 1. The molecule has 0 bridgehead atoms. The zero-order chi connectivity index (χ0) is 21.2. The second-order valence-corrected chi connectivity index (χ2v) is 10.5. The second-order valence-electron chi connectivity index (χ2n) is 10.5. The minimum Gasteiger partial charge on any atom is -0.463 e. The maximum absolute atomic E-state index is 16.9. The summed E-state index contributed by atoms with van der Waals surface area (Å²) in [4.78, 5) is 37.1. The number of Topliss-reactive ketones (excluding diaryl/α,β-unsaturated/α-hetero) is 2. The molecule has 4 aliphatic carbocycles. The Hall–Kier alpha value is -1.30. The summed E-state index contributed by atoms with van der Waals surface area (Å²) in [5, 5.41) is 9.39. The minimum absolute atomic E-state index is 0.00494. The van der Waals surface area contributed by atoms with Crippen molar-refractivity contribution in [3.63, 3.8) is 0 Å². The number of ketones is 2. The molecule has 4 saturated carbocycles. The van der Waals surface area contributed by atoms with Gasteiger partial charge in [0.2, 0.25) is 0 Å². The summed E-state index contributed by atoms with van der Waals surface area (Å²) < 4.78 is 22.4. The number of ether oxygens (including phenoxy) is 1. The van der Waals surface area contributed by atoms with Crippen LogP contribution in [-0.2, 0) is 19.1 Å². The van der Waals surface area contributed by atoms with E-state index in [0.717, 1.165) is 12.8 Å². The molecule has 6 heteroatoms. The number of esters is 1. The number of hydrogen-bond acceptors (Lipinski definition) is 5. The Labute approximate surface area is 171 Å². The predicted octanol–water partition coefficient (Wildman–Crippen LogP) is 3.41. The second kappa shape index (κ2) is 6.86. The molecule has 4 aliphatic rings. The highest BCUT2D eigenvalue weighted by Crippen LogP contribution is 2.69. The van der Waals surface area contributed by atoms with Crippen LogP contribution in [0.1, 0.15) is 72.1 Å². The molecule has 0 aliphatic heterocycles. The van der Waals surface area contributed by atoms with Crippen LogP contribution >= 0.6 is 0 Å². The maximum Gasteiger partial charge on any atom is 0.302 e. The molecule has 1 N–H and O–H groups in total. The van der Waals surface area contributed by atoms with Gasteiger partial charge in [-0.2, -0.15) is 0 Å². The molecule has 4 rings (SSSR count). The fraction of sp³-hybridized carbons (Fsp3) is 0.870. The van der Waals surface area contributed by atoms with E-state index in [4.69, 9.17) is 4.74 Å². The highest BCUT2D eigenvalue weighted by atomic mass is 19.1. The number of carbonyl (C=O) groups is 3. The van der Waals surface area contributed by atoms with Gasteiger partial charge in [0.1, 0.15) is 12.7 Å². The number of alkyl halides is 1. The van der Waals surface area contributed by atoms with Gasteiger partial charge in [0.25, 0.3) is 0 Å². The zero-order valence-electron chi connectivity index (χ0n) is 17.7. The van der Waals surface area contributed by atoms with E-state index in [-0.39, 0.29) is 53.7 Å². The Morgan fingerprint density at radius 1 is 1.14 bits per heavy atom. The highest BCUT2D eigenvalue weighted by molar-refractivity contribution is 5.92. The lowest BCUT2D eigenvalue weighted by molar-refractivity contribution is -0.204. The van der Waals surface area contributed by atoms with E-state index in [1.165, 1.54) is 6.92 Å². The molecule has 162 valence electrons. The van der Waals surface area contributed by atoms with Crippen molar-refractivity contribution in [2.75, 3.05) is 6.61 Å². The molecule has 0 aromatic carbocycles. The molecule has 4 fully saturated rings. The molecular weight excluding hydrogens is 375 g/mol. The van der Waals surface area contributed by atoms with Crippen LogP contribution in [0.25, 0.3) is 0 Å². The van der Waals surface area contributed by atoms with Gasteiger partial charge in [0, 0.05) is 30.6 Å². The van der Waals surface area contributed by atoms with E-state index in [9.17, 15) is 19.5 Å². The van der Waals surface area contributed by atoms with E-state index in [1.54, 1.807) is 0 Å². The van der Waals surface area contributed by atoms with Crippen LogP contribution in [0.5, 0.6) is 0 Å². The molecule has 0 aromatic rings. The van der Waals surface area contributed by atoms with E-state index in [2.05, 4.69) is 0 Å².